The van der Waals surface area contributed by atoms with Gasteiger partial charge in [0, 0.05) is 92.4 Å². The zero-order valence-electron chi connectivity index (χ0n) is 41.1. The number of hydrogen-bond acceptors (Lipinski definition) is 17. The van der Waals surface area contributed by atoms with Gasteiger partial charge >= 0.3 is 47.8 Å². The molecule has 0 aliphatic rings. The molecule has 0 saturated carbocycles. The lowest BCUT2D eigenvalue weighted by molar-refractivity contribution is -0.141. The molecule has 70 heavy (non-hydrogen) atoms. The van der Waals surface area contributed by atoms with Crippen LogP contribution < -0.4 is 0 Å². The van der Waals surface area contributed by atoms with E-state index in [-0.39, 0.29) is 102 Å². The summed E-state index contributed by atoms with van der Waals surface area (Å²) in [5.41, 5.74) is 7.54. The highest BCUT2D eigenvalue weighted by atomic mass is 16.5. The van der Waals surface area contributed by atoms with E-state index in [1.807, 2.05) is 10.8 Å². The van der Waals surface area contributed by atoms with Crippen molar-refractivity contribution in [3.63, 3.8) is 0 Å². The van der Waals surface area contributed by atoms with Gasteiger partial charge < -0.3 is 57.4 Å². The molecule has 380 valence electrons. The second-order valence-electron chi connectivity index (χ2n) is 16.2. The fourth-order valence-corrected chi connectivity index (χ4v) is 8.61. The average molecular weight is 979 g/mol. The molecular weight excluding hydrogens is 917 g/mol. The van der Waals surface area contributed by atoms with E-state index in [2.05, 4.69) is 15.0 Å². The molecule has 0 unspecified atom stereocenters. The van der Waals surface area contributed by atoms with Crippen molar-refractivity contribution in [2.75, 3.05) is 56.9 Å². The molecule has 0 aliphatic heterocycles. The van der Waals surface area contributed by atoms with Crippen LogP contribution in [0, 0.1) is 0 Å². The van der Waals surface area contributed by atoms with Gasteiger partial charge in [-0.2, -0.15) is 0 Å². The highest BCUT2D eigenvalue weighted by Crippen LogP contribution is 2.33. The Morgan fingerprint density at radius 3 is 1.11 bits per heavy atom. The highest BCUT2D eigenvalue weighted by molar-refractivity contribution is 5.82. The van der Waals surface area contributed by atoms with Crippen molar-refractivity contribution in [1.82, 2.24) is 19.5 Å². The van der Waals surface area contributed by atoms with Gasteiger partial charge in [0.15, 0.2) is 6.29 Å². The molecule has 4 heterocycles. The van der Waals surface area contributed by atoms with Crippen molar-refractivity contribution in [2.24, 2.45) is 7.05 Å². The summed E-state index contributed by atoms with van der Waals surface area (Å²) in [6.07, 6.45) is 1.94. The van der Waals surface area contributed by atoms with E-state index in [9.17, 15) is 43.2 Å². The van der Waals surface area contributed by atoms with Crippen LogP contribution in [0.2, 0.25) is 0 Å². The Morgan fingerprint density at radius 2 is 0.729 bits per heavy atom. The number of hydrogen-bond donors (Lipinski definition) is 3. The molecule has 21 nitrogen and oxygen atoms in total. The molecule has 0 aromatic carbocycles. The van der Waals surface area contributed by atoms with Crippen molar-refractivity contribution in [1.29, 1.82) is 0 Å². The van der Waals surface area contributed by atoms with Crippen molar-refractivity contribution in [3.8, 4) is 0 Å². The zero-order valence-corrected chi connectivity index (χ0v) is 41.1. The number of esters is 8. The van der Waals surface area contributed by atoms with Crippen molar-refractivity contribution in [3.05, 3.63) is 90.6 Å². The summed E-state index contributed by atoms with van der Waals surface area (Å²) >= 11 is 0. The van der Waals surface area contributed by atoms with Crippen molar-refractivity contribution >= 4 is 54.0 Å². The predicted molar refractivity (Wildman–Crippen MR) is 246 cm³/mol. The van der Waals surface area contributed by atoms with Crippen LogP contribution >= 0.6 is 0 Å². The summed E-state index contributed by atoms with van der Waals surface area (Å²) in [5.74, 6) is -4.37. The number of H-pyrrole nitrogens is 3. The molecule has 0 fully saturated rings. The number of carbonyl (C=O) groups is 9. The highest BCUT2D eigenvalue weighted by Gasteiger charge is 2.29. The number of carbonyl (C=O) groups excluding carboxylic acids is 9. The lowest BCUT2D eigenvalue weighted by Crippen LogP contribution is -2.12. The van der Waals surface area contributed by atoms with E-state index >= 15 is 0 Å². The number of aromatic nitrogens is 4. The quantitative estimate of drug-likeness (QED) is 0.0440. The van der Waals surface area contributed by atoms with Gasteiger partial charge in [-0.05, 0) is 70.2 Å². The maximum atomic E-state index is 13.3. The molecule has 0 atom stereocenters. The lowest BCUT2D eigenvalue weighted by Gasteiger charge is -2.11. The minimum Gasteiger partial charge on any atom is -0.469 e. The second kappa shape index (κ2) is 26.3. The van der Waals surface area contributed by atoms with E-state index in [1.165, 1.54) is 56.9 Å². The number of rotatable bonds is 27. The molecule has 4 rings (SSSR count). The third-order valence-corrected chi connectivity index (χ3v) is 12.3. The molecule has 4 aromatic rings. The summed E-state index contributed by atoms with van der Waals surface area (Å²) in [5, 5.41) is 0. The first-order chi connectivity index (χ1) is 33.5. The fourth-order valence-electron chi connectivity index (χ4n) is 8.61. The zero-order chi connectivity index (χ0) is 51.7. The van der Waals surface area contributed by atoms with E-state index in [1.54, 1.807) is 7.05 Å². The predicted octanol–water partition coefficient (Wildman–Crippen LogP) is 2.88. The van der Waals surface area contributed by atoms with Crippen LogP contribution in [0.3, 0.4) is 0 Å². The van der Waals surface area contributed by atoms with Gasteiger partial charge in [0.05, 0.1) is 88.3 Å². The number of aromatic amines is 3. The lowest BCUT2D eigenvalue weighted by atomic mass is 9.94. The van der Waals surface area contributed by atoms with Gasteiger partial charge in [-0.1, -0.05) is 0 Å². The molecule has 0 aliphatic carbocycles. The molecule has 0 spiro atoms. The van der Waals surface area contributed by atoms with Crippen LogP contribution in [-0.2, 0) is 154 Å². The van der Waals surface area contributed by atoms with E-state index in [0.717, 1.165) is 0 Å². The summed E-state index contributed by atoms with van der Waals surface area (Å²) in [6.45, 7) is 0. The number of aryl methyl sites for hydroxylation is 2. The van der Waals surface area contributed by atoms with E-state index < -0.39 is 47.8 Å². The van der Waals surface area contributed by atoms with Gasteiger partial charge in [0.1, 0.15) is 0 Å². The number of methoxy groups -OCH3 is 8. The number of nitrogens with one attached hydrogen (secondary N) is 3. The third-order valence-electron chi connectivity index (χ3n) is 12.3. The van der Waals surface area contributed by atoms with Crippen molar-refractivity contribution < 1.29 is 81.0 Å². The topological polar surface area (TPSA) is 280 Å². The maximum Gasteiger partial charge on any atom is 0.310 e. The van der Waals surface area contributed by atoms with Gasteiger partial charge in [-0.25, -0.2) is 0 Å². The fraction of sp³-hybridized carbons (Fsp3) is 0.490. The van der Waals surface area contributed by atoms with Crippen LogP contribution in [0.4, 0.5) is 0 Å². The van der Waals surface area contributed by atoms with Crippen LogP contribution in [0.1, 0.15) is 115 Å². The first kappa shape index (κ1) is 55.1. The molecule has 0 amide bonds. The minimum atomic E-state index is -0.628. The normalized spacial score (nSPS) is 10.9. The van der Waals surface area contributed by atoms with Crippen LogP contribution in [0.5, 0.6) is 0 Å². The van der Waals surface area contributed by atoms with Crippen LogP contribution in [-0.4, -0.2) is 130 Å². The number of aldehydes is 1. The standard InChI is InChI=1S/C49H62N4O17/c1-53-25-27(10-14-42(55)63-2)31(18-46(59)67-6)41(53)24-39-29(12-16-44(57)65-4)33(20-48(61)69-8)38(51-39)22-35-28(11-15-43(56)64-3)32(19-47(60)68-7)37(50-35)23-36-30(13-17-45(58)66-5)34(21-49(62)70-9)40(26-54)52-36/h25-26,50-52H,10-24H2,1-9H3. The number of ether oxygens (including phenoxy) is 8. The minimum absolute atomic E-state index is 0.000214. The second-order valence-corrected chi connectivity index (χ2v) is 16.2. The smallest absolute Gasteiger partial charge is 0.310 e. The van der Waals surface area contributed by atoms with Gasteiger partial charge in [-0.15, -0.1) is 0 Å². The third kappa shape index (κ3) is 14.3. The molecule has 3 N–H and O–H groups in total. The Bertz CT molecular complexity index is 2570. The van der Waals surface area contributed by atoms with Crippen LogP contribution in [0.15, 0.2) is 6.20 Å². The number of nitrogens with zero attached hydrogens (tertiary/aromatic N) is 1. The summed E-state index contributed by atoms with van der Waals surface area (Å²) in [4.78, 5) is 125. The molecule has 4 aromatic heterocycles. The molecular formula is C49H62N4O17. The summed E-state index contributed by atoms with van der Waals surface area (Å²) in [6, 6.07) is 0. The van der Waals surface area contributed by atoms with E-state index in [4.69, 9.17) is 37.9 Å². The Balaban J connectivity index is 2.03. The SMILES string of the molecule is COC(=O)CCc1cn(C)c(Cc2[nH]c(Cc3[nH]c(Cc4[nH]c(C=O)c(CC(=O)OC)c4CCC(=O)OC)c(CC(=O)OC)c3CCC(=O)OC)c(CC(=O)OC)c2CCC(=O)OC)c1CC(=O)OC. The van der Waals surface area contributed by atoms with Crippen molar-refractivity contribution in [2.45, 2.75) is 96.3 Å². The molecule has 0 bridgehead atoms. The Morgan fingerprint density at radius 1 is 0.414 bits per heavy atom. The maximum absolute atomic E-state index is 13.3. The Kier molecular flexibility index (Phi) is 20.8. The first-order valence-corrected chi connectivity index (χ1v) is 22.3. The Hall–Kier alpha value is -7.45. The molecule has 21 heteroatoms. The molecule has 0 saturated heterocycles. The van der Waals surface area contributed by atoms with E-state index in [0.29, 0.717) is 85.0 Å². The van der Waals surface area contributed by atoms with Crippen LogP contribution in [0.25, 0.3) is 0 Å². The summed E-state index contributed by atoms with van der Waals surface area (Å²) in [7, 11) is 11.8. The Labute approximate surface area is 404 Å². The van der Waals surface area contributed by atoms with Gasteiger partial charge in [0.2, 0.25) is 0 Å². The largest absolute Gasteiger partial charge is 0.469 e. The van der Waals surface area contributed by atoms with Gasteiger partial charge in [-0.3, -0.25) is 43.2 Å². The van der Waals surface area contributed by atoms with Gasteiger partial charge in [0.25, 0.3) is 0 Å². The first-order valence-electron chi connectivity index (χ1n) is 22.3. The molecule has 0 radical (unpaired) electrons. The monoisotopic (exact) mass is 978 g/mol. The average Bonchev–Trinajstić information content (AvgIpc) is 4.06. The summed E-state index contributed by atoms with van der Waals surface area (Å²) < 4.78 is 41.8.